The van der Waals surface area contributed by atoms with E-state index < -0.39 is 0 Å². The van der Waals surface area contributed by atoms with Gasteiger partial charge in [0.2, 0.25) is 5.95 Å². The molecule has 31 heavy (non-hydrogen) atoms. The van der Waals surface area contributed by atoms with Gasteiger partial charge in [0.1, 0.15) is 11.2 Å². The van der Waals surface area contributed by atoms with Gasteiger partial charge < -0.3 is 5.32 Å². The molecule has 0 saturated heterocycles. The summed E-state index contributed by atoms with van der Waals surface area (Å²) in [5.41, 5.74) is 4.50. The highest BCUT2D eigenvalue weighted by molar-refractivity contribution is 6.37. The maximum Gasteiger partial charge on any atom is 0.282 e. The quantitative estimate of drug-likeness (QED) is 0.493. The van der Waals surface area contributed by atoms with E-state index in [1.165, 1.54) is 22.0 Å². The third kappa shape index (κ3) is 3.54. The van der Waals surface area contributed by atoms with Crippen molar-refractivity contribution in [1.82, 2.24) is 24.6 Å². The van der Waals surface area contributed by atoms with E-state index in [-0.39, 0.29) is 5.56 Å². The monoisotopic (exact) mass is 452 g/mol. The lowest BCUT2D eigenvalue weighted by molar-refractivity contribution is 0.353. The number of nitrogens with zero attached hydrogens (tertiary/aromatic N) is 5. The van der Waals surface area contributed by atoms with Crippen LogP contribution in [0.3, 0.4) is 0 Å². The topological polar surface area (TPSA) is 75.9 Å². The van der Waals surface area contributed by atoms with Crippen molar-refractivity contribution >= 4 is 45.7 Å². The fraction of sp³-hybridized carbons (Fsp3) is 0.182. The number of nitrogens with one attached hydrogen (secondary N) is 1. The number of halogens is 2. The van der Waals surface area contributed by atoms with Crippen molar-refractivity contribution in [2.24, 2.45) is 0 Å². The summed E-state index contributed by atoms with van der Waals surface area (Å²) in [7, 11) is 2.10. The number of benzene rings is 2. The van der Waals surface area contributed by atoms with Gasteiger partial charge in [-0.1, -0.05) is 35.3 Å². The number of aryl methyl sites for hydroxylation is 1. The van der Waals surface area contributed by atoms with Crippen LogP contribution in [0.15, 0.2) is 47.4 Å². The van der Waals surface area contributed by atoms with Crippen molar-refractivity contribution in [2.45, 2.75) is 20.0 Å². The average molecular weight is 453 g/mol. The van der Waals surface area contributed by atoms with Crippen LogP contribution >= 0.6 is 23.2 Å². The molecule has 0 saturated carbocycles. The molecule has 2 aromatic heterocycles. The van der Waals surface area contributed by atoms with Crippen LogP contribution in [0.25, 0.3) is 16.6 Å². The van der Waals surface area contributed by atoms with Gasteiger partial charge in [0.15, 0.2) is 0 Å². The third-order valence-corrected chi connectivity index (χ3v) is 5.91. The summed E-state index contributed by atoms with van der Waals surface area (Å²) in [4.78, 5) is 24.2. The fourth-order valence-corrected chi connectivity index (χ4v) is 4.40. The second-order valence-electron chi connectivity index (χ2n) is 7.61. The number of hydrogen-bond acceptors (Lipinski definition) is 6. The van der Waals surface area contributed by atoms with Crippen molar-refractivity contribution < 1.29 is 0 Å². The van der Waals surface area contributed by atoms with Gasteiger partial charge in [-0.3, -0.25) is 9.69 Å². The molecule has 7 nitrogen and oxygen atoms in total. The third-order valence-electron chi connectivity index (χ3n) is 5.30. The Balaban J connectivity index is 1.55. The first-order chi connectivity index (χ1) is 14.9. The Labute approximate surface area is 188 Å². The molecule has 0 atom stereocenters. The fourth-order valence-electron chi connectivity index (χ4n) is 3.85. The predicted molar refractivity (Wildman–Crippen MR) is 123 cm³/mol. The Bertz CT molecular complexity index is 1380. The van der Waals surface area contributed by atoms with Crippen molar-refractivity contribution in [2.75, 3.05) is 12.4 Å². The molecule has 0 bridgehead atoms. The molecule has 0 radical (unpaired) electrons. The van der Waals surface area contributed by atoms with Gasteiger partial charge >= 0.3 is 0 Å². The van der Waals surface area contributed by atoms with Crippen molar-refractivity contribution in [3.8, 4) is 5.69 Å². The predicted octanol–water partition coefficient (Wildman–Crippen LogP) is 4.48. The number of aromatic nitrogens is 4. The maximum absolute atomic E-state index is 13.1. The van der Waals surface area contributed by atoms with Gasteiger partial charge in [-0.25, -0.2) is 9.97 Å². The van der Waals surface area contributed by atoms with Gasteiger partial charge in [0.05, 0.1) is 21.1 Å². The minimum atomic E-state index is -0.386. The number of rotatable bonds is 3. The van der Waals surface area contributed by atoms with Gasteiger partial charge in [-0.15, -0.1) is 0 Å². The lowest BCUT2D eigenvalue weighted by Crippen LogP contribution is -2.23. The molecule has 156 valence electrons. The highest BCUT2D eigenvalue weighted by Crippen LogP contribution is 2.28. The van der Waals surface area contributed by atoms with E-state index in [1.807, 2.05) is 6.07 Å². The molecule has 0 spiro atoms. The van der Waals surface area contributed by atoms with E-state index in [4.69, 9.17) is 23.2 Å². The Morgan fingerprint density at radius 1 is 1.06 bits per heavy atom. The molecule has 5 rings (SSSR count). The van der Waals surface area contributed by atoms with E-state index in [0.29, 0.717) is 38.3 Å². The molecule has 4 aromatic rings. The standard InChI is InChI=1S/C22H18Cl2N6O/c1-12-19-16(21(31)30(28-12)20-17(23)4-3-5-18(20)24)9-25-22(27-19)26-15-7-6-13-10-29(2)11-14(13)8-15/h3-9H,10-11H2,1-2H3,(H,25,26,27). The van der Waals surface area contributed by atoms with Gasteiger partial charge in [0.25, 0.3) is 5.56 Å². The summed E-state index contributed by atoms with van der Waals surface area (Å²) in [6.45, 7) is 3.65. The first-order valence-electron chi connectivity index (χ1n) is 9.69. The largest absolute Gasteiger partial charge is 0.324 e. The highest BCUT2D eigenvalue weighted by Gasteiger charge is 2.18. The molecule has 0 aliphatic carbocycles. The SMILES string of the molecule is Cc1nn(-c2c(Cl)cccc2Cl)c(=O)c2cnc(Nc3ccc4c(c3)CN(C)C4)nc12. The first-order valence-corrected chi connectivity index (χ1v) is 10.4. The van der Waals surface area contributed by atoms with Crippen LogP contribution in [0.4, 0.5) is 11.6 Å². The van der Waals surface area contributed by atoms with E-state index >= 15 is 0 Å². The van der Waals surface area contributed by atoms with E-state index in [2.05, 4.69) is 44.5 Å². The molecule has 3 heterocycles. The molecule has 9 heteroatoms. The Kier molecular flexibility index (Phi) is 4.89. The molecule has 0 unspecified atom stereocenters. The lowest BCUT2D eigenvalue weighted by atomic mass is 10.1. The van der Waals surface area contributed by atoms with Crippen molar-refractivity contribution in [3.63, 3.8) is 0 Å². The van der Waals surface area contributed by atoms with E-state index in [9.17, 15) is 4.79 Å². The van der Waals surface area contributed by atoms with Crippen LogP contribution in [0.5, 0.6) is 0 Å². The van der Waals surface area contributed by atoms with Crippen LogP contribution in [-0.2, 0) is 13.1 Å². The summed E-state index contributed by atoms with van der Waals surface area (Å²) in [5.74, 6) is 0.400. The summed E-state index contributed by atoms with van der Waals surface area (Å²) in [6.07, 6.45) is 1.50. The van der Waals surface area contributed by atoms with Crippen LogP contribution < -0.4 is 10.9 Å². The number of fused-ring (bicyclic) bond motifs is 2. The Morgan fingerprint density at radius 3 is 2.58 bits per heavy atom. The zero-order valence-electron chi connectivity index (χ0n) is 16.9. The van der Waals surface area contributed by atoms with Crippen LogP contribution in [0.1, 0.15) is 16.8 Å². The van der Waals surface area contributed by atoms with E-state index in [0.717, 1.165) is 18.8 Å². The molecule has 1 N–H and O–H groups in total. The second kappa shape index (κ2) is 7.60. The smallest absolute Gasteiger partial charge is 0.282 e. The molecular formula is C22H18Cl2N6O. The highest BCUT2D eigenvalue weighted by atomic mass is 35.5. The maximum atomic E-state index is 13.1. The summed E-state index contributed by atoms with van der Waals surface area (Å²) in [5, 5.41) is 8.65. The van der Waals surface area contributed by atoms with Crippen LogP contribution in [0.2, 0.25) is 10.0 Å². The molecule has 1 aliphatic rings. The zero-order chi connectivity index (χ0) is 21.7. The van der Waals surface area contributed by atoms with Crippen molar-refractivity contribution in [3.05, 3.63) is 79.8 Å². The van der Waals surface area contributed by atoms with Gasteiger partial charge in [0, 0.05) is 25.0 Å². The minimum absolute atomic E-state index is 0.335. The molecule has 1 aliphatic heterocycles. The van der Waals surface area contributed by atoms with Gasteiger partial charge in [-0.05, 0) is 49.4 Å². The normalized spacial score (nSPS) is 13.5. The average Bonchev–Trinajstić information content (AvgIpc) is 3.10. The first kappa shape index (κ1) is 19.9. The number of anilines is 2. The summed E-state index contributed by atoms with van der Waals surface area (Å²) in [6, 6.07) is 11.3. The zero-order valence-corrected chi connectivity index (χ0v) is 18.4. The van der Waals surface area contributed by atoms with Crippen LogP contribution in [-0.4, -0.2) is 31.7 Å². The van der Waals surface area contributed by atoms with E-state index in [1.54, 1.807) is 25.1 Å². The molecule has 0 amide bonds. The van der Waals surface area contributed by atoms with Crippen LogP contribution in [0, 0.1) is 6.92 Å². The summed E-state index contributed by atoms with van der Waals surface area (Å²) < 4.78 is 1.20. The molecule has 0 fully saturated rings. The lowest BCUT2D eigenvalue weighted by Gasteiger charge is -2.12. The second-order valence-corrected chi connectivity index (χ2v) is 8.42. The molecule has 2 aromatic carbocycles. The number of para-hydroxylation sites is 1. The Morgan fingerprint density at radius 2 is 1.81 bits per heavy atom. The summed E-state index contributed by atoms with van der Waals surface area (Å²) >= 11 is 12.6. The van der Waals surface area contributed by atoms with Gasteiger partial charge in [-0.2, -0.15) is 9.78 Å². The number of hydrogen-bond donors (Lipinski definition) is 1. The van der Waals surface area contributed by atoms with Crippen molar-refractivity contribution in [1.29, 1.82) is 0 Å². The minimum Gasteiger partial charge on any atom is -0.324 e. The molecular weight excluding hydrogens is 435 g/mol. The Hall–Kier alpha value is -3.00.